The summed E-state index contributed by atoms with van der Waals surface area (Å²) in [6, 6.07) is -5.02. The fraction of sp³-hybridized carbons (Fsp3) is 0.775. The second-order valence-corrected chi connectivity index (χ2v) is 16.5. The molecule has 0 rings (SSSR count). The number of ether oxygens (including phenoxy) is 1. The third-order valence-corrected chi connectivity index (χ3v) is 9.87. The standard InChI is InChI=1S/C40H76N12O10/c1-8-9-33(56)50-31(13-18-44-19-14-40(5,6)62-25-39(3,4)47-26-55)37(60)46-22-35(58)51-30(11-16-42)36(59)45-21-34(57)48-29(24-54)20-27(2)52(7)32(12-17-43)38(61)49-28(23-53)10-15-41/h23-24,26-32,44H,8-22,25,41-43H2,1-7H3,(H,45,59)(H,46,60)(H,47,55)(H,48,57)(H,49,61)(H,50,56)(H,51,58)/t27?,28-,29-,30-,31-,32-/m0/s1. The number of hydrogen-bond donors (Lipinski definition) is 11. The smallest absolute Gasteiger partial charge is 0.243 e. The molecule has 6 atom stereocenters. The summed E-state index contributed by atoms with van der Waals surface area (Å²) in [5, 5.41) is 21.3. The molecule has 0 aliphatic rings. The van der Waals surface area contributed by atoms with Gasteiger partial charge in [0.05, 0.1) is 49.0 Å². The van der Waals surface area contributed by atoms with Crippen LogP contribution in [0, 0.1) is 0 Å². The summed E-state index contributed by atoms with van der Waals surface area (Å²) in [4.78, 5) is 113. The topological polar surface area (TPSA) is 340 Å². The molecule has 0 radical (unpaired) electrons. The lowest BCUT2D eigenvalue weighted by Crippen LogP contribution is -2.54. The predicted molar refractivity (Wildman–Crippen MR) is 233 cm³/mol. The summed E-state index contributed by atoms with van der Waals surface area (Å²) in [5.74, 6) is -3.51. The lowest BCUT2D eigenvalue weighted by Gasteiger charge is -2.34. The minimum absolute atomic E-state index is 0.00125. The average molecular weight is 885 g/mol. The van der Waals surface area contributed by atoms with Gasteiger partial charge in [0.1, 0.15) is 24.7 Å². The van der Waals surface area contributed by atoms with E-state index in [1.165, 1.54) is 0 Å². The first-order chi connectivity index (χ1) is 29.2. The van der Waals surface area contributed by atoms with Crippen LogP contribution in [0.15, 0.2) is 0 Å². The third-order valence-electron chi connectivity index (χ3n) is 9.87. The minimum Gasteiger partial charge on any atom is -0.373 e. The highest BCUT2D eigenvalue weighted by Crippen LogP contribution is 2.17. The highest BCUT2D eigenvalue weighted by molar-refractivity contribution is 5.93. The van der Waals surface area contributed by atoms with Gasteiger partial charge in [-0.3, -0.25) is 38.5 Å². The minimum atomic E-state index is -1.16. The molecule has 0 heterocycles. The number of hydrogen-bond acceptors (Lipinski definition) is 15. The predicted octanol–water partition coefficient (Wildman–Crippen LogP) is -3.83. The zero-order valence-electron chi connectivity index (χ0n) is 37.8. The van der Waals surface area contributed by atoms with Crippen molar-refractivity contribution in [3.63, 3.8) is 0 Å². The molecule has 0 aromatic rings. The Labute approximate surface area is 366 Å². The van der Waals surface area contributed by atoms with E-state index in [4.69, 9.17) is 21.9 Å². The largest absolute Gasteiger partial charge is 0.373 e. The molecule has 22 nitrogen and oxygen atoms in total. The van der Waals surface area contributed by atoms with Crippen molar-refractivity contribution in [1.29, 1.82) is 0 Å². The number of nitrogens with zero attached hydrogens (tertiary/aromatic N) is 1. The van der Waals surface area contributed by atoms with E-state index in [1.54, 1.807) is 18.9 Å². The zero-order chi connectivity index (χ0) is 47.3. The van der Waals surface area contributed by atoms with Gasteiger partial charge < -0.3 is 74.1 Å². The van der Waals surface area contributed by atoms with Gasteiger partial charge in [-0.1, -0.05) is 6.92 Å². The van der Waals surface area contributed by atoms with Crippen LogP contribution in [-0.2, 0) is 47.9 Å². The van der Waals surface area contributed by atoms with Crippen LogP contribution in [-0.4, -0.2) is 166 Å². The summed E-state index contributed by atoms with van der Waals surface area (Å²) in [7, 11) is 1.66. The van der Waals surface area contributed by atoms with E-state index in [-0.39, 0.29) is 64.1 Å². The van der Waals surface area contributed by atoms with Crippen molar-refractivity contribution < 1.29 is 47.9 Å². The molecule has 14 N–H and O–H groups in total. The Hall–Kier alpha value is -4.61. The molecule has 356 valence electrons. The number of aldehydes is 2. The first-order valence-corrected chi connectivity index (χ1v) is 21.3. The molecule has 0 fully saturated rings. The van der Waals surface area contributed by atoms with Crippen molar-refractivity contribution in [2.24, 2.45) is 17.2 Å². The first kappa shape index (κ1) is 57.4. The number of amides is 7. The van der Waals surface area contributed by atoms with Crippen molar-refractivity contribution in [3.05, 3.63) is 0 Å². The van der Waals surface area contributed by atoms with Gasteiger partial charge in [-0.2, -0.15) is 0 Å². The molecule has 22 heteroatoms. The van der Waals surface area contributed by atoms with Gasteiger partial charge in [0, 0.05) is 12.5 Å². The SMILES string of the molecule is CCCC(=O)N[C@@H](CCNCCC(C)(C)OCC(C)(C)NC=O)C(=O)NCC(=O)N[C@@H](CCN)C(=O)NCC(=O)N[C@H](C=O)CC(C)N(C)[C@@H](CCN)C(=O)N[C@H](C=O)CCN. The van der Waals surface area contributed by atoms with Crippen LogP contribution < -0.4 is 59.7 Å². The van der Waals surface area contributed by atoms with Crippen LogP contribution in [0.4, 0.5) is 0 Å². The first-order valence-electron chi connectivity index (χ1n) is 21.3. The lowest BCUT2D eigenvalue weighted by atomic mass is 10.0. The molecule has 62 heavy (non-hydrogen) atoms. The maximum atomic E-state index is 13.2. The van der Waals surface area contributed by atoms with Crippen molar-refractivity contribution >= 4 is 54.4 Å². The van der Waals surface area contributed by atoms with Crippen molar-refractivity contribution in [2.45, 2.75) is 140 Å². The second-order valence-electron chi connectivity index (χ2n) is 16.5. The monoisotopic (exact) mass is 885 g/mol. The molecule has 0 aromatic heterocycles. The Kier molecular flexibility index (Phi) is 28.9. The summed E-state index contributed by atoms with van der Waals surface area (Å²) in [6.45, 7) is 11.6. The van der Waals surface area contributed by atoms with E-state index in [9.17, 15) is 43.2 Å². The quantitative estimate of drug-likeness (QED) is 0.0212. The lowest BCUT2D eigenvalue weighted by molar-refractivity contribution is -0.132. The number of likely N-dealkylation sites (N-methyl/N-ethyl adjacent to an activating group) is 1. The normalized spacial score (nSPS) is 14.5. The molecule has 0 saturated carbocycles. The highest BCUT2D eigenvalue weighted by atomic mass is 16.5. The maximum absolute atomic E-state index is 13.2. The second kappa shape index (κ2) is 31.3. The van der Waals surface area contributed by atoms with Gasteiger partial charge in [-0.15, -0.1) is 0 Å². The number of carbonyl (C=O) groups excluding carboxylic acids is 9. The van der Waals surface area contributed by atoms with Crippen molar-refractivity contribution in [3.8, 4) is 0 Å². The van der Waals surface area contributed by atoms with Crippen molar-refractivity contribution in [1.82, 2.24) is 47.4 Å². The van der Waals surface area contributed by atoms with Crippen LogP contribution in [0.5, 0.6) is 0 Å². The van der Waals surface area contributed by atoms with Gasteiger partial charge in [0.15, 0.2) is 0 Å². The Morgan fingerprint density at radius 2 is 1.24 bits per heavy atom. The Morgan fingerprint density at radius 1 is 0.694 bits per heavy atom. The van der Waals surface area contributed by atoms with E-state index in [0.717, 1.165) is 0 Å². The molecular weight excluding hydrogens is 809 g/mol. The van der Waals surface area contributed by atoms with Crippen LogP contribution >= 0.6 is 0 Å². The summed E-state index contributed by atoms with van der Waals surface area (Å²) in [6.07, 6.45) is 3.99. The molecule has 0 bridgehead atoms. The Balaban J connectivity index is 5.22. The molecule has 0 saturated heterocycles. The third kappa shape index (κ3) is 24.7. The van der Waals surface area contributed by atoms with Gasteiger partial charge >= 0.3 is 0 Å². The van der Waals surface area contributed by atoms with Gasteiger partial charge in [0.2, 0.25) is 41.9 Å². The molecule has 7 amide bonds. The van der Waals surface area contributed by atoms with Crippen LogP contribution in [0.2, 0.25) is 0 Å². The van der Waals surface area contributed by atoms with Crippen LogP contribution in [0.1, 0.15) is 92.9 Å². The van der Waals surface area contributed by atoms with E-state index in [1.807, 2.05) is 34.6 Å². The Morgan fingerprint density at radius 3 is 1.77 bits per heavy atom. The fourth-order valence-electron chi connectivity index (χ4n) is 5.99. The van der Waals surface area contributed by atoms with E-state index in [0.29, 0.717) is 51.5 Å². The highest BCUT2D eigenvalue weighted by Gasteiger charge is 2.30. The fourth-order valence-corrected chi connectivity index (χ4v) is 5.99. The van der Waals surface area contributed by atoms with E-state index < -0.39 is 90.0 Å². The molecular formula is C40H76N12O10. The van der Waals surface area contributed by atoms with E-state index in [2.05, 4.69) is 42.5 Å². The molecule has 1 unspecified atom stereocenters. The van der Waals surface area contributed by atoms with Gasteiger partial charge in [-0.25, -0.2) is 0 Å². The van der Waals surface area contributed by atoms with Gasteiger partial charge in [0.25, 0.3) is 0 Å². The summed E-state index contributed by atoms with van der Waals surface area (Å²) >= 11 is 0. The molecule has 0 aromatic carbocycles. The number of rotatable bonds is 36. The maximum Gasteiger partial charge on any atom is 0.243 e. The van der Waals surface area contributed by atoms with Crippen LogP contribution in [0.3, 0.4) is 0 Å². The van der Waals surface area contributed by atoms with Crippen molar-refractivity contribution in [2.75, 3.05) is 59.5 Å². The molecule has 0 aliphatic heterocycles. The number of nitrogens with two attached hydrogens (primary N) is 3. The zero-order valence-corrected chi connectivity index (χ0v) is 37.8. The van der Waals surface area contributed by atoms with Crippen LogP contribution in [0.25, 0.3) is 0 Å². The average Bonchev–Trinajstić information content (AvgIpc) is 3.21. The number of carbonyl (C=O) groups is 9. The Bertz CT molecular complexity index is 1420. The summed E-state index contributed by atoms with van der Waals surface area (Å²) in [5.41, 5.74) is 15.9. The molecule has 0 spiro atoms. The van der Waals surface area contributed by atoms with E-state index >= 15 is 0 Å². The number of nitrogens with one attached hydrogen (secondary N) is 8. The molecule has 0 aliphatic carbocycles. The summed E-state index contributed by atoms with van der Waals surface area (Å²) < 4.78 is 5.99. The van der Waals surface area contributed by atoms with Gasteiger partial charge in [-0.05, 0) is 119 Å².